The number of nitrogens with one attached hydrogen (secondary N) is 2. The van der Waals surface area contributed by atoms with E-state index in [9.17, 15) is 28.2 Å². The van der Waals surface area contributed by atoms with Gasteiger partial charge >= 0.3 is 6.36 Å². The number of fused-ring (bicyclic) bond motifs is 1. The van der Waals surface area contributed by atoms with Crippen LogP contribution in [0.2, 0.25) is 0 Å². The third-order valence-corrected chi connectivity index (χ3v) is 6.88. The summed E-state index contributed by atoms with van der Waals surface area (Å²) in [6.45, 7) is 1.13. The Balaban J connectivity index is 1.51. The molecule has 9 heteroatoms. The molecule has 0 saturated carbocycles. The van der Waals surface area contributed by atoms with Gasteiger partial charge in [0.25, 0.3) is 5.91 Å². The maximum absolute atomic E-state index is 13.5. The standard InChI is InChI=1S/C32H27F3N2O4/c1-31(19-38,17-23-18-36-27-10-6-5-9-24(23)27)37-30(40)26-16-22(12-14-29(26)41-32(33,34)35)25-15-21(11-13-28(25)39)20-7-3-2-4-8-20/h2-16,18,36,38-39H,17,19H2,1H3,(H,37,40). The van der Waals surface area contributed by atoms with Gasteiger partial charge in [-0.3, -0.25) is 4.79 Å². The van der Waals surface area contributed by atoms with E-state index < -0.39 is 35.7 Å². The van der Waals surface area contributed by atoms with Gasteiger partial charge in [0, 0.05) is 22.7 Å². The predicted octanol–water partition coefficient (Wildman–Crippen LogP) is 6.83. The van der Waals surface area contributed by atoms with Crippen LogP contribution in [0.3, 0.4) is 0 Å². The number of phenols is 1. The molecular weight excluding hydrogens is 533 g/mol. The lowest BCUT2D eigenvalue weighted by molar-refractivity contribution is -0.274. The average Bonchev–Trinajstić information content (AvgIpc) is 3.35. The number of halogens is 3. The normalized spacial score (nSPS) is 13.1. The van der Waals surface area contributed by atoms with Crippen LogP contribution in [-0.2, 0) is 6.42 Å². The number of aliphatic hydroxyl groups is 1. The molecule has 0 aliphatic rings. The first-order valence-corrected chi connectivity index (χ1v) is 12.8. The molecule has 1 aromatic heterocycles. The number of hydrogen-bond donors (Lipinski definition) is 4. The maximum Gasteiger partial charge on any atom is 0.573 e. The van der Waals surface area contributed by atoms with E-state index in [-0.39, 0.29) is 12.2 Å². The van der Waals surface area contributed by atoms with Crippen LogP contribution in [-0.4, -0.2) is 39.6 Å². The molecule has 0 radical (unpaired) electrons. The summed E-state index contributed by atoms with van der Waals surface area (Å²) in [5, 5.41) is 24.5. The Labute approximate surface area is 234 Å². The molecule has 4 aromatic carbocycles. The number of para-hydroxylation sites is 1. The lowest BCUT2D eigenvalue weighted by atomic mass is 9.92. The van der Waals surface area contributed by atoms with E-state index in [4.69, 9.17) is 0 Å². The van der Waals surface area contributed by atoms with Crippen molar-refractivity contribution in [1.29, 1.82) is 0 Å². The van der Waals surface area contributed by atoms with Crippen LogP contribution in [0.4, 0.5) is 13.2 Å². The van der Waals surface area contributed by atoms with Crippen molar-refractivity contribution >= 4 is 16.8 Å². The number of rotatable bonds is 8. The van der Waals surface area contributed by atoms with Crippen molar-refractivity contribution in [3.05, 3.63) is 108 Å². The van der Waals surface area contributed by atoms with E-state index in [1.165, 1.54) is 18.2 Å². The molecule has 0 aliphatic carbocycles. The molecule has 6 nitrogen and oxygen atoms in total. The van der Waals surface area contributed by atoms with Gasteiger partial charge in [0.2, 0.25) is 0 Å². The van der Waals surface area contributed by atoms with Crippen LogP contribution in [0.1, 0.15) is 22.8 Å². The van der Waals surface area contributed by atoms with Crippen molar-refractivity contribution in [1.82, 2.24) is 10.3 Å². The van der Waals surface area contributed by atoms with E-state index in [1.54, 1.807) is 25.3 Å². The number of aromatic amines is 1. The molecule has 0 fully saturated rings. The highest BCUT2D eigenvalue weighted by Crippen LogP contribution is 2.37. The largest absolute Gasteiger partial charge is 0.573 e. The number of carbonyl (C=O) groups is 1. The Bertz CT molecular complexity index is 1700. The predicted molar refractivity (Wildman–Crippen MR) is 151 cm³/mol. The second-order valence-electron chi connectivity index (χ2n) is 10.1. The molecule has 4 N–H and O–H groups in total. The Morgan fingerprint density at radius 3 is 2.34 bits per heavy atom. The molecule has 1 heterocycles. The van der Waals surface area contributed by atoms with Crippen molar-refractivity contribution in [2.75, 3.05) is 6.61 Å². The first kappa shape index (κ1) is 27.8. The highest BCUT2D eigenvalue weighted by molar-refractivity contribution is 5.99. The van der Waals surface area contributed by atoms with Gasteiger partial charge in [0.05, 0.1) is 17.7 Å². The van der Waals surface area contributed by atoms with Gasteiger partial charge in [-0.1, -0.05) is 60.7 Å². The number of alkyl halides is 3. The first-order valence-electron chi connectivity index (χ1n) is 12.8. The number of ether oxygens (including phenoxy) is 1. The number of hydrogen-bond acceptors (Lipinski definition) is 4. The van der Waals surface area contributed by atoms with E-state index in [1.807, 2.05) is 54.6 Å². The first-order chi connectivity index (χ1) is 19.5. The monoisotopic (exact) mass is 560 g/mol. The summed E-state index contributed by atoms with van der Waals surface area (Å²) >= 11 is 0. The average molecular weight is 561 g/mol. The van der Waals surface area contributed by atoms with Gasteiger partial charge in [0.15, 0.2) is 0 Å². The maximum atomic E-state index is 13.5. The number of amides is 1. The molecular formula is C32H27F3N2O4. The van der Waals surface area contributed by atoms with Crippen LogP contribution >= 0.6 is 0 Å². The number of aliphatic hydroxyl groups excluding tert-OH is 1. The van der Waals surface area contributed by atoms with Gasteiger partial charge in [-0.15, -0.1) is 13.2 Å². The minimum atomic E-state index is -5.05. The summed E-state index contributed by atoms with van der Waals surface area (Å²) in [6, 6.07) is 25.4. The quantitative estimate of drug-likeness (QED) is 0.167. The molecule has 0 saturated heterocycles. The zero-order valence-corrected chi connectivity index (χ0v) is 22.0. The topological polar surface area (TPSA) is 94.6 Å². The molecule has 210 valence electrons. The Morgan fingerprint density at radius 1 is 0.902 bits per heavy atom. The third kappa shape index (κ3) is 6.20. The fraction of sp³-hybridized carbons (Fsp3) is 0.156. The third-order valence-electron chi connectivity index (χ3n) is 6.88. The molecule has 1 atom stereocenters. The summed E-state index contributed by atoms with van der Waals surface area (Å²) in [5.74, 6) is -1.69. The minimum Gasteiger partial charge on any atom is -0.507 e. The summed E-state index contributed by atoms with van der Waals surface area (Å²) in [7, 11) is 0. The van der Waals surface area contributed by atoms with Crippen LogP contribution in [0.15, 0.2) is 97.2 Å². The van der Waals surface area contributed by atoms with Crippen molar-refractivity contribution in [3.63, 3.8) is 0 Å². The lowest BCUT2D eigenvalue weighted by Crippen LogP contribution is -2.50. The Hall–Kier alpha value is -4.76. The summed E-state index contributed by atoms with van der Waals surface area (Å²) < 4.78 is 44.0. The van der Waals surface area contributed by atoms with Crippen LogP contribution in [0.25, 0.3) is 33.2 Å². The van der Waals surface area contributed by atoms with Gasteiger partial charge in [0.1, 0.15) is 11.5 Å². The summed E-state index contributed by atoms with van der Waals surface area (Å²) in [4.78, 5) is 16.7. The fourth-order valence-corrected chi connectivity index (χ4v) is 4.85. The molecule has 0 spiro atoms. The van der Waals surface area contributed by atoms with Crippen LogP contribution < -0.4 is 10.1 Å². The molecule has 41 heavy (non-hydrogen) atoms. The van der Waals surface area contributed by atoms with Crippen molar-refractivity contribution in [3.8, 4) is 33.8 Å². The SMILES string of the molecule is CC(CO)(Cc1c[nH]c2ccccc12)NC(=O)c1cc(-c2cc(-c3ccccc3)ccc2O)ccc1OC(F)(F)F. The number of carbonyl (C=O) groups excluding carboxylic acids is 1. The highest BCUT2D eigenvalue weighted by Gasteiger charge is 2.35. The second-order valence-corrected chi connectivity index (χ2v) is 10.1. The number of aromatic nitrogens is 1. The van der Waals surface area contributed by atoms with Crippen LogP contribution in [0.5, 0.6) is 11.5 Å². The van der Waals surface area contributed by atoms with Gasteiger partial charge < -0.3 is 25.3 Å². The Morgan fingerprint density at radius 2 is 1.61 bits per heavy atom. The second kappa shape index (κ2) is 11.0. The molecule has 0 aliphatic heterocycles. The molecule has 0 bridgehead atoms. The minimum absolute atomic E-state index is 0.111. The number of phenolic OH excluding ortho intramolecular Hbond substituents is 1. The number of H-pyrrole nitrogens is 1. The van der Waals surface area contributed by atoms with Crippen molar-refractivity contribution < 1.29 is 32.9 Å². The van der Waals surface area contributed by atoms with Gasteiger partial charge in [-0.2, -0.15) is 0 Å². The van der Waals surface area contributed by atoms with E-state index in [0.717, 1.165) is 33.7 Å². The summed E-state index contributed by atoms with van der Waals surface area (Å²) in [5.41, 5.74) is 2.35. The van der Waals surface area contributed by atoms with Gasteiger partial charge in [-0.25, -0.2) is 0 Å². The number of benzene rings is 4. The van der Waals surface area contributed by atoms with Gasteiger partial charge in [-0.05, 0) is 65.9 Å². The highest BCUT2D eigenvalue weighted by atomic mass is 19.4. The van der Waals surface area contributed by atoms with E-state index in [2.05, 4.69) is 15.0 Å². The zero-order chi connectivity index (χ0) is 29.2. The van der Waals surface area contributed by atoms with Crippen molar-refractivity contribution in [2.45, 2.75) is 25.2 Å². The lowest BCUT2D eigenvalue weighted by Gasteiger charge is -2.29. The number of aromatic hydroxyl groups is 1. The molecule has 1 amide bonds. The smallest absolute Gasteiger partial charge is 0.507 e. The fourth-order valence-electron chi connectivity index (χ4n) is 4.85. The van der Waals surface area contributed by atoms with Crippen molar-refractivity contribution in [2.24, 2.45) is 0 Å². The van der Waals surface area contributed by atoms with Crippen LogP contribution in [0, 0.1) is 0 Å². The molecule has 5 rings (SSSR count). The Kier molecular flexibility index (Phi) is 7.47. The van der Waals surface area contributed by atoms with E-state index in [0.29, 0.717) is 11.1 Å². The molecule has 5 aromatic rings. The zero-order valence-electron chi connectivity index (χ0n) is 22.0. The summed E-state index contributed by atoms with van der Waals surface area (Å²) in [6.07, 6.45) is -3.07. The van der Waals surface area contributed by atoms with E-state index >= 15 is 0 Å². The molecule has 1 unspecified atom stereocenters.